The van der Waals surface area contributed by atoms with Gasteiger partial charge in [0.2, 0.25) is 10.0 Å². The minimum atomic E-state index is -3.82. The van der Waals surface area contributed by atoms with E-state index in [1.165, 1.54) is 6.33 Å². The van der Waals surface area contributed by atoms with Crippen LogP contribution in [0, 0.1) is 0 Å². The van der Waals surface area contributed by atoms with Gasteiger partial charge >= 0.3 is 0 Å². The largest absolute Gasteiger partial charge is 0.343 e. The van der Waals surface area contributed by atoms with Crippen LogP contribution in [0.3, 0.4) is 0 Å². The molecule has 0 amide bonds. The molecule has 6 nitrogen and oxygen atoms in total. The first-order valence-corrected chi connectivity index (χ1v) is 7.53. The smallest absolute Gasteiger partial charge is 0.221 e. The monoisotopic (exact) mass is 288 g/mol. The molecule has 0 aliphatic carbocycles. The molecule has 3 rings (SSSR count). The van der Waals surface area contributed by atoms with E-state index in [1.807, 2.05) is 6.07 Å². The highest BCUT2D eigenvalue weighted by Gasteiger charge is 2.27. The highest BCUT2D eigenvalue weighted by Crippen LogP contribution is 2.27. The average molecular weight is 288 g/mol. The number of nitrogens with one attached hydrogen (secondary N) is 1. The minimum absolute atomic E-state index is 0.360. The van der Waals surface area contributed by atoms with Crippen LogP contribution < -0.4 is 5.14 Å². The lowest BCUT2D eigenvalue weighted by atomic mass is 10.1. The van der Waals surface area contributed by atoms with E-state index in [0.717, 1.165) is 5.52 Å². The molecular formula is C13H12N4O2S. The van der Waals surface area contributed by atoms with Crippen LogP contribution in [0.1, 0.15) is 16.5 Å². The summed E-state index contributed by atoms with van der Waals surface area (Å²) in [6.45, 7) is 0. The first kappa shape index (κ1) is 12.8. The molecule has 0 bridgehead atoms. The number of primary sulfonamides is 1. The van der Waals surface area contributed by atoms with Gasteiger partial charge in [-0.05, 0) is 17.7 Å². The summed E-state index contributed by atoms with van der Waals surface area (Å²) >= 11 is 0. The molecule has 0 saturated heterocycles. The van der Waals surface area contributed by atoms with Crippen LogP contribution in [0.25, 0.3) is 11.2 Å². The second kappa shape index (κ2) is 4.69. The maximum absolute atomic E-state index is 11.9. The molecular weight excluding hydrogens is 276 g/mol. The molecule has 2 heterocycles. The molecule has 2 aromatic heterocycles. The number of aromatic nitrogens is 3. The SMILES string of the molecule is NS(=O)(=O)C(c1ccccc1)c1ccc2[nH]cnc2n1. The van der Waals surface area contributed by atoms with Gasteiger partial charge in [-0.3, -0.25) is 0 Å². The maximum atomic E-state index is 11.9. The zero-order valence-corrected chi connectivity index (χ0v) is 11.2. The lowest BCUT2D eigenvalue weighted by molar-refractivity contribution is 0.590. The molecule has 0 aliphatic heterocycles. The summed E-state index contributed by atoms with van der Waals surface area (Å²) in [6.07, 6.45) is 1.51. The number of hydrogen-bond acceptors (Lipinski definition) is 4. The van der Waals surface area contributed by atoms with Gasteiger partial charge < -0.3 is 4.98 Å². The van der Waals surface area contributed by atoms with Gasteiger partial charge in [0.25, 0.3) is 0 Å². The van der Waals surface area contributed by atoms with E-state index in [9.17, 15) is 8.42 Å². The predicted octanol–water partition coefficient (Wildman–Crippen LogP) is 1.34. The zero-order chi connectivity index (χ0) is 14.2. The topological polar surface area (TPSA) is 102 Å². The number of imidazole rings is 1. The Morgan fingerprint density at radius 3 is 2.55 bits per heavy atom. The van der Waals surface area contributed by atoms with Crippen LogP contribution >= 0.6 is 0 Å². The van der Waals surface area contributed by atoms with Crippen molar-refractivity contribution < 1.29 is 8.42 Å². The zero-order valence-electron chi connectivity index (χ0n) is 10.4. The fourth-order valence-corrected chi connectivity index (χ4v) is 3.14. The van der Waals surface area contributed by atoms with Crippen molar-refractivity contribution in [2.75, 3.05) is 0 Å². The molecule has 1 unspecified atom stereocenters. The van der Waals surface area contributed by atoms with Crippen LogP contribution in [0.4, 0.5) is 0 Å². The molecule has 1 aromatic carbocycles. The molecule has 102 valence electrons. The molecule has 7 heteroatoms. The Kier molecular flexibility index (Phi) is 3.00. The van der Waals surface area contributed by atoms with Crippen molar-refractivity contribution in [3.63, 3.8) is 0 Å². The van der Waals surface area contributed by atoms with Crippen LogP contribution in [0.2, 0.25) is 0 Å². The third-order valence-electron chi connectivity index (χ3n) is 3.00. The van der Waals surface area contributed by atoms with Crippen LogP contribution in [0.15, 0.2) is 48.8 Å². The number of benzene rings is 1. The molecule has 3 N–H and O–H groups in total. The highest BCUT2D eigenvalue weighted by atomic mass is 32.2. The lowest BCUT2D eigenvalue weighted by Crippen LogP contribution is -2.23. The standard InChI is InChI=1S/C13H12N4O2S/c14-20(18,19)12(9-4-2-1-3-5-9)10-6-7-11-13(17-10)16-8-15-11/h1-8,12H,(H2,14,18,19)(H,15,16,17). The summed E-state index contributed by atoms with van der Waals surface area (Å²) in [5, 5.41) is 4.37. The summed E-state index contributed by atoms with van der Waals surface area (Å²) in [5.41, 5.74) is 2.15. The van der Waals surface area contributed by atoms with Gasteiger partial charge in [-0.1, -0.05) is 30.3 Å². The van der Waals surface area contributed by atoms with Gasteiger partial charge in [0, 0.05) is 0 Å². The first-order chi connectivity index (χ1) is 9.55. The Morgan fingerprint density at radius 1 is 1.10 bits per heavy atom. The number of rotatable bonds is 3. The number of H-pyrrole nitrogens is 1. The maximum Gasteiger partial charge on any atom is 0.221 e. The van der Waals surface area contributed by atoms with Crippen LogP contribution in [-0.2, 0) is 10.0 Å². The number of aromatic amines is 1. The number of sulfonamides is 1. The molecule has 1 atom stereocenters. The number of fused-ring (bicyclic) bond motifs is 1. The average Bonchev–Trinajstić information content (AvgIpc) is 2.86. The first-order valence-electron chi connectivity index (χ1n) is 5.92. The second-order valence-corrected chi connectivity index (χ2v) is 6.04. The fourth-order valence-electron chi connectivity index (χ4n) is 2.14. The molecule has 0 spiro atoms. The molecule has 0 radical (unpaired) electrons. The summed E-state index contributed by atoms with van der Waals surface area (Å²) < 4.78 is 23.8. The van der Waals surface area contributed by atoms with Gasteiger partial charge in [0.05, 0.1) is 17.5 Å². The van der Waals surface area contributed by atoms with Crippen molar-refractivity contribution in [1.29, 1.82) is 0 Å². The number of nitrogens with zero attached hydrogens (tertiary/aromatic N) is 2. The Balaban J connectivity index is 2.19. The van der Waals surface area contributed by atoms with Crippen LogP contribution in [-0.4, -0.2) is 23.4 Å². The summed E-state index contributed by atoms with van der Waals surface area (Å²) in [6, 6.07) is 12.2. The molecule has 0 aliphatic rings. The van der Waals surface area contributed by atoms with Crippen molar-refractivity contribution in [2.24, 2.45) is 5.14 Å². The lowest BCUT2D eigenvalue weighted by Gasteiger charge is -2.14. The van der Waals surface area contributed by atoms with E-state index in [-0.39, 0.29) is 0 Å². The Hall–Kier alpha value is -2.25. The van der Waals surface area contributed by atoms with Crippen molar-refractivity contribution >= 4 is 21.2 Å². The van der Waals surface area contributed by atoms with Gasteiger partial charge in [0.15, 0.2) is 5.65 Å². The predicted molar refractivity (Wildman–Crippen MR) is 75.3 cm³/mol. The highest BCUT2D eigenvalue weighted by molar-refractivity contribution is 7.89. The summed E-state index contributed by atoms with van der Waals surface area (Å²) in [4.78, 5) is 11.2. The van der Waals surface area contributed by atoms with E-state index in [4.69, 9.17) is 5.14 Å². The van der Waals surface area contributed by atoms with E-state index >= 15 is 0 Å². The van der Waals surface area contributed by atoms with Gasteiger partial charge in [-0.2, -0.15) is 0 Å². The number of pyridine rings is 1. The quantitative estimate of drug-likeness (QED) is 0.759. The van der Waals surface area contributed by atoms with Gasteiger partial charge in [0.1, 0.15) is 5.25 Å². The van der Waals surface area contributed by atoms with Crippen molar-refractivity contribution in [2.45, 2.75) is 5.25 Å². The molecule has 3 aromatic rings. The number of nitrogens with two attached hydrogens (primary N) is 1. The molecule has 20 heavy (non-hydrogen) atoms. The van der Waals surface area contributed by atoms with Gasteiger partial charge in [-0.15, -0.1) is 0 Å². The molecule has 0 fully saturated rings. The Morgan fingerprint density at radius 2 is 1.85 bits per heavy atom. The summed E-state index contributed by atoms with van der Waals surface area (Å²) in [5.74, 6) is 0. The third-order valence-corrected chi connectivity index (χ3v) is 4.17. The second-order valence-electron chi connectivity index (χ2n) is 4.39. The Labute approximate surface area is 115 Å². The van der Waals surface area contributed by atoms with E-state index in [2.05, 4.69) is 15.0 Å². The van der Waals surface area contributed by atoms with Crippen molar-refractivity contribution in [1.82, 2.24) is 15.0 Å². The van der Waals surface area contributed by atoms with Crippen molar-refractivity contribution in [3.05, 3.63) is 60.0 Å². The summed E-state index contributed by atoms with van der Waals surface area (Å²) in [7, 11) is -3.82. The van der Waals surface area contributed by atoms with E-state index < -0.39 is 15.3 Å². The number of hydrogen-bond donors (Lipinski definition) is 2. The third kappa shape index (κ3) is 2.28. The van der Waals surface area contributed by atoms with Crippen molar-refractivity contribution in [3.8, 4) is 0 Å². The molecule has 0 saturated carbocycles. The fraction of sp³-hybridized carbons (Fsp3) is 0.0769. The Bertz CT molecular complexity index is 843. The van der Waals surface area contributed by atoms with E-state index in [1.54, 1.807) is 36.4 Å². The minimum Gasteiger partial charge on any atom is -0.343 e. The van der Waals surface area contributed by atoms with Crippen LogP contribution in [0.5, 0.6) is 0 Å². The van der Waals surface area contributed by atoms with E-state index in [0.29, 0.717) is 16.9 Å². The van der Waals surface area contributed by atoms with Gasteiger partial charge in [-0.25, -0.2) is 23.5 Å². The normalized spacial score (nSPS) is 13.4.